The first-order valence-electron chi connectivity index (χ1n) is 4.81. The van der Waals surface area contributed by atoms with Crippen LogP contribution in [0, 0.1) is 0 Å². The van der Waals surface area contributed by atoms with Gasteiger partial charge in [0.1, 0.15) is 0 Å². The summed E-state index contributed by atoms with van der Waals surface area (Å²) in [6.45, 7) is -0.230. The topological polar surface area (TPSA) is 137 Å². The summed E-state index contributed by atoms with van der Waals surface area (Å²) in [6, 6.07) is -0.560. The standard InChI is InChI=1S/C8H19N3O5/c1-16-8(15)5(11-9)2-3-6(12)10-4-7(13)14/h5,7-8,11,13-15H,2-4,9H2,1H3,(H,10,12). The van der Waals surface area contributed by atoms with E-state index in [1.54, 1.807) is 0 Å². The summed E-state index contributed by atoms with van der Waals surface area (Å²) < 4.78 is 4.64. The molecule has 8 nitrogen and oxygen atoms in total. The van der Waals surface area contributed by atoms with Crippen molar-refractivity contribution in [1.82, 2.24) is 10.7 Å². The number of hydrogen-bond donors (Lipinski definition) is 6. The molecule has 1 amide bonds. The first kappa shape index (κ1) is 15.2. The molecule has 0 fully saturated rings. The van der Waals surface area contributed by atoms with E-state index in [1.807, 2.05) is 0 Å². The molecule has 0 aromatic carbocycles. The maximum absolute atomic E-state index is 11.2. The Labute approximate surface area is 93.4 Å². The summed E-state index contributed by atoms with van der Waals surface area (Å²) in [4.78, 5) is 11.2. The first-order valence-corrected chi connectivity index (χ1v) is 4.81. The van der Waals surface area contributed by atoms with Crippen molar-refractivity contribution in [3.05, 3.63) is 0 Å². The minimum Gasteiger partial charge on any atom is -0.367 e. The van der Waals surface area contributed by atoms with Crippen LogP contribution in [0.25, 0.3) is 0 Å². The Kier molecular flexibility index (Phi) is 7.99. The number of carbonyl (C=O) groups excluding carboxylic acids is 1. The highest BCUT2D eigenvalue weighted by atomic mass is 16.6. The predicted octanol–water partition coefficient (Wildman–Crippen LogP) is -3.01. The maximum Gasteiger partial charge on any atom is 0.220 e. The SMILES string of the molecule is COC(O)C(CCC(=O)NCC(O)O)NN. The van der Waals surface area contributed by atoms with E-state index in [0.29, 0.717) is 0 Å². The number of methoxy groups -OCH3 is 1. The minimum absolute atomic E-state index is 0.0853. The molecule has 8 heteroatoms. The number of nitrogens with two attached hydrogens (primary N) is 1. The molecule has 0 rings (SSSR count). The smallest absolute Gasteiger partial charge is 0.220 e. The molecule has 0 bridgehead atoms. The predicted molar refractivity (Wildman–Crippen MR) is 54.6 cm³/mol. The van der Waals surface area contributed by atoms with Crippen LogP contribution >= 0.6 is 0 Å². The molecule has 0 saturated heterocycles. The quantitative estimate of drug-likeness (QED) is 0.150. The molecule has 0 heterocycles. The summed E-state index contributed by atoms with van der Waals surface area (Å²) in [7, 11) is 1.32. The highest BCUT2D eigenvalue weighted by molar-refractivity contribution is 5.75. The van der Waals surface area contributed by atoms with Gasteiger partial charge in [-0.05, 0) is 6.42 Å². The van der Waals surface area contributed by atoms with Gasteiger partial charge in [-0.2, -0.15) is 0 Å². The third-order valence-electron chi connectivity index (χ3n) is 1.96. The van der Waals surface area contributed by atoms with Gasteiger partial charge in [0.25, 0.3) is 0 Å². The third-order valence-corrected chi connectivity index (χ3v) is 1.96. The number of aliphatic hydroxyl groups is 3. The van der Waals surface area contributed by atoms with Crippen LogP contribution in [0.3, 0.4) is 0 Å². The van der Waals surface area contributed by atoms with Crippen molar-refractivity contribution in [2.75, 3.05) is 13.7 Å². The minimum atomic E-state index is -1.57. The van der Waals surface area contributed by atoms with E-state index in [0.717, 1.165) is 0 Å². The molecule has 0 aromatic heterocycles. The van der Waals surface area contributed by atoms with Crippen LogP contribution in [0.5, 0.6) is 0 Å². The van der Waals surface area contributed by atoms with E-state index < -0.39 is 18.6 Å². The normalized spacial score (nSPS) is 14.9. The van der Waals surface area contributed by atoms with Gasteiger partial charge in [0.2, 0.25) is 5.91 Å². The molecule has 0 aliphatic rings. The Morgan fingerprint density at radius 3 is 2.50 bits per heavy atom. The maximum atomic E-state index is 11.2. The van der Waals surface area contributed by atoms with E-state index in [2.05, 4.69) is 15.5 Å². The number of amides is 1. The van der Waals surface area contributed by atoms with E-state index in [1.165, 1.54) is 7.11 Å². The summed E-state index contributed by atoms with van der Waals surface area (Å²) in [5, 5.41) is 28.6. The van der Waals surface area contributed by atoms with Crippen molar-refractivity contribution in [1.29, 1.82) is 0 Å². The van der Waals surface area contributed by atoms with Gasteiger partial charge in [-0.15, -0.1) is 0 Å². The van der Waals surface area contributed by atoms with Crippen LogP contribution in [0.1, 0.15) is 12.8 Å². The molecule has 2 unspecified atom stereocenters. The van der Waals surface area contributed by atoms with Crippen molar-refractivity contribution in [3.8, 4) is 0 Å². The van der Waals surface area contributed by atoms with Crippen LogP contribution in [0.4, 0.5) is 0 Å². The van der Waals surface area contributed by atoms with Crippen molar-refractivity contribution in [3.63, 3.8) is 0 Å². The Bertz CT molecular complexity index is 202. The van der Waals surface area contributed by atoms with E-state index >= 15 is 0 Å². The summed E-state index contributed by atoms with van der Waals surface area (Å²) >= 11 is 0. The Balaban J connectivity index is 3.79. The van der Waals surface area contributed by atoms with Gasteiger partial charge in [0.15, 0.2) is 12.6 Å². The zero-order chi connectivity index (χ0) is 12.6. The van der Waals surface area contributed by atoms with E-state index in [9.17, 15) is 9.90 Å². The Morgan fingerprint density at radius 1 is 1.44 bits per heavy atom. The molecule has 0 aliphatic carbocycles. The second-order valence-electron chi connectivity index (χ2n) is 3.22. The average Bonchev–Trinajstić information content (AvgIpc) is 2.26. The largest absolute Gasteiger partial charge is 0.367 e. The summed E-state index contributed by atoms with van der Waals surface area (Å²) in [5.41, 5.74) is 2.32. The fourth-order valence-electron chi connectivity index (χ4n) is 1.05. The summed E-state index contributed by atoms with van der Waals surface area (Å²) in [6.07, 6.45) is -2.32. The molecule has 16 heavy (non-hydrogen) atoms. The lowest BCUT2D eigenvalue weighted by molar-refractivity contribution is -0.125. The van der Waals surface area contributed by atoms with Gasteiger partial charge < -0.3 is 25.4 Å². The Morgan fingerprint density at radius 2 is 2.06 bits per heavy atom. The van der Waals surface area contributed by atoms with Gasteiger partial charge in [0.05, 0.1) is 12.6 Å². The molecule has 0 saturated carbocycles. The van der Waals surface area contributed by atoms with Crippen molar-refractivity contribution >= 4 is 5.91 Å². The zero-order valence-corrected chi connectivity index (χ0v) is 9.09. The molecule has 7 N–H and O–H groups in total. The lowest BCUT2D eigenvalue weighted by Gasteiger charge is -2.20. The highest BCUT2D eigenvalue weighted by Gasteiger charge is 2.18. The molecular weight excluding hydrogens is 218 g/mol. The number of nitrogens with one attached hydrogen (secondary N) is 2. The number of carbonyl (C=O) groups is 1. The molecular formula is C8H19N3O5. The monoisotopic (exact) mass is 237 g/mol. The van der Waals surface area contributed by atoms with Crippen LogP contribution in [-0.2, 0) is 9.53 Å². The summed E-state index contributed by atoms with van der Waals surface area (Å²) in [5.74, 6) is 4.79. The van der Waals surface area contributed by atoms with Crippen molar-refractivity contribution in [2.45, 2.75) is 31.5 Å². The lowest BCUT2D eigenvalue weighted by Crippen LogP contribution is -2.45. The van der Waals surface area contributed by atoms with Gasteiger partial charge in [-0.25, -0.2) is 0 Å². The molecule has 96 valence electrons. The van der Waals surface area contributed by atoms with Crippen LogP contribution < -0.4 is 16.6 Å². The fourth-order valence-corrected chi connectivity index (χ4v) is 1.05. The molecule has 0 radical (unpaired) electrons. The number of hydrogen-bond acceptors (Lipinski definition) is 7. The molecule has 2 atom stereocenters. The molecule has 0 spiro atoms. The van der Waals surface area contributed by atoms with E-state index in [4.69, 9.17) is 16.1 Å². The van der Waals surface area contributed by atoms with Crippen LogP contribution in [-0.4, -0.2) is 53.5 Å². The van der Waals surface area contributed by atoms with Crippen molar-refractivity contribution < 1.29 is 24.9 Å². The van der Waals surface area contributed by atoms with Gasteiger partial charge >= 0.3 is 0 Å². The van der Waals surface area contributed by atoms with Gasteiger partial charge in [-0.1, -0.05) is 0 Å². The van der Waals surface area contributed by atoms with E-state index in [-0.39, 0.29) is 25.3 Å². The Hall–Kier alpha value is -0.770. The number of ether oxygens (including phenoxy) is 1. The lowest BCUT2D eigenvalue weighted by atomic mass is 10.1. The average molecular weight is 237 g/mol. The second-order valence-corrected chi connectivity index (χ2v) is 3.22. The molecule has 0 aliphatic heterocycles. The number of hydrazine groups is 1. The first-order chi connectivity index (χ1) is 7.51. The van der Waals surface area contributed by atoms with Crippen LogP contribution in [0.2, 0.25) is 0 Å². The number of aliphatic hydroxyl groups excluding tert-OH is 2. The highest BCUT2D eigenvalue weighted by Crippen LogP contribution is 2.02. The number of rotatable bonds is 8. The molecule has 0 aromatic rings. The van der Waals surface area contributed by atoms with Gasteiger partial charge in [-0.3, -0.25) is 16.1 Å². The van der Waals surface area contributed by atoms with Gasteiger partial charge in [0, 0.05) is 13.5 Å². The van der Waals surface area contributed by atoms with Crippen molar-refractivity contribution in [2.24, 2.45) is 5.84 Å². The third kappa shape index (κ3) is 6.67. The second kappa shape index (κ2) is 8.39. The fraction of sp³-hybridized carbons (Fsp3) is 0.875. The zero-order valence-electron chi connectivity index (χ0n) is 9.09. The van der Waals surface area contributed by atoms with Crippen LogP contribution in [0.15, 0.2) is 0 Å².